The van der Waals surface area contributed by atoms with Crippen molar-refractivity contribution in [3.63, 3.8) is 0 Å². The lowest BCUT2D eigenvalue weighted by Crippen LogP contribution is -2.35. The fourth-order valence-corrected chi connectivity index (χ4v) is 4.93. The smallest absolute Gasteiger partial charge is 0.293 e. The van der Waals surface area contributed by atoms with Gasteiger partial charge in [-0.15, -0.1) is 0 Å². The molecule has 1 aliphatic heterocycles. The minimum atomic E-state index is -3.76. The predicted octanol–water partition coefficient (Wildman–Crippen LogP) is 2.63. The van der Waals surface area contributed by atoms with Gasteiger partial charge in [-0.1, -0.05) is 6.42 Å². The zero-order chi connectivity index (χ0) is 20.9. The molecule has 0 bridgehead atoms. The quantitative estimate of drug-likeness (QED) is 0.469. The van der Waals surface area contributed by atoms with Crippen molar-refractivity contribution < 1.29 is 22.9 Å². The van der Waals surface area contributed by atoms with Gasteiger partial charge in [-0.05, 0) is 37.1 Å². The second-order valence-electron chi connectivity index (χ2n) is 7.11. The third kappa shape index (κ3) is 5.14. The first kappa shape index (κ1) is 21.3. The minimum Gasteiger partial charge on any atom is -0.469 e. The zero-order valence-corrected chi connectivity index (χ0v) is 16.8. The fourth-order valence-electron chi connectivity index (χ4n) is 3.40. The summed E-state index contributed by atoms with van der Waals surface area (Å²) in [6, 6.07) is 7.46. The Morgan fingerprint density at radius 3 is 2.62 bits per heavy atom. The molecule has 3 rings (SSSR count). The number of anilines is 1. The minimum absolute atomic E-state index is 0.0778. The van der Waals surface area contributed by atoms with Gasteiger partial charge in [0.05, 0.1) is 16.1 Å². The molecule has 2 N–H and O–H groups in total. The molecule has 2 aromatic rings. The third-order valence-electron chi connectivity index (χ3n) is 5.03. The molecule has 0 spiro atoms. The second-order valence-corrected chi connectivity index (χ2v) is 9.05. The van der Waals surface area contributed by atoms with Crippen LogP contribution in [0.15, 0.2) is 45.9 Å². The summed E-state index contributed by atoms with van der Waals surface area (Å²) >= 11 is 0. The number of nitrogens with zero attached hydrogens (tertiary/aromatic N) is 2. The highest BCUT2D eigenvalue weighted by Gasteiger charge is 2.28. The predicted molar refractivity (Wildman–Crippen MR) is 107 cm³/mol. The Hall–Kier alpha value is -2.43. The third-order valence-corrected chi connectivity index (χ3v) is 6.92. The average Bonchev–Trinajstić information content (AvgIpc) is 3.24. The Bertz CT molecular complexity index is 923. The van der Waals surface area contributed by atoms with Crippen LogP contribution >= 0.6 is 0 Å². The van der Waals surface area contributed by atoms with Gasteiger partial charge < -0.3 is 14.8 Å². The number of nitro groups is 1. The van der Waals surface area contributed by atoms with E-state index in [9.17, 15) is 23.6 Å². The van der Waals surface area contributed by atoms with E-state index in [1.54, 1.807) is 18.4 Å². The molecular formula is C19H25N3O6S. The second kappa shape index (κ2) is 9.38. The maximum absolute atomic E-state index is 12.8. The van der Waals surface area contributed by atoms with Crippen molar-refractivity contribution in [2.45, 2.75) is 30.6 Å². The molecule has 1 fully saturated rings. The Morgan fingerprint density at radius 1 is 1.24 bits per heavy atom. The van der Waals surface area contributed by atoms with Crippen LogP contribution in [0.5, 0.6) is 0 Å². The van der Waals surface area contributed by atoms with Crippen molar-refractivity contribution in [2.75, 3.05) is 31.6 Å². The van der Waals surface area contributed by atoms with E-state index >= 15 is 0 Å². The molecule has 10 heteroatoms. The SMILES string of the molecule is O=[N+]([O-])c1cc(S(=O)(=O)N2CCCCC2)ccc1NC[C@@H](CO)Cc1ccco1. The Kier molecular flexibility index (Phi) is 6.88. The summed E-state index contributed by atoms with van der Waals surface area (Å²) in [4.78, 5) is 10.9. The number of hydrogen-bond acceptors (Lipinski definition) is 7. The Balaban J connectivity index is 1.76. The van der Waals surface area contributed by atoms with Gasteiger partial charge in [0.15, 0.2) is 0 Å². The van der Waals surface area contributed by atoms with E-state index in [1.807, 2.05) is 0 Å². The standard InChI is InChI=1S/C19H25N3O6S/c23-14-15(11-16-5-4-10-28-16)13-20-18-7-6-17(12-19(18)22(24)25)29(26,27)21-8-2-1-3-9-21/h4-7,10,12,15,20,23H,1-3,8-9,11,13-14H2/t15-/m0/s1. The monoisotopic (exact) mass is 423 g/mol. The van der Waals surface area contributed by atoms with Gasteiger partial charge in [0, 0.05) is 44.6 Å². The molecule has 1 aromatic heterocycles. The first-order valence-electron chi connectivity index (χ1n) is 9.57. The molecule has 0 radical (unpaired) electrons. The van der Waals surface area contributed by atoms with Gasteiger partial charge in [-0.25, -0.2) is 8.42 Å². The number of rotatable bonds is 9. The van der Waals surface area contributed by atoms with Gasteiger partial charge >= 0.3 is 0 Å². The summed E-state index contributed by atoms with van der Waals surface area (Å²) in [5, 5.41) is 24.1. The highest BCUT2D eigenvalue weighted by molar-refractivity contribution is 7.89. The number of aliphatic hydroxyl groups excluding tert-OH is 1. The van der Waals surface area contributed by atoms with Crippen LogP contribution in [-0.4, -0.2) is 49.0 Å². The molecule has 0 amide bonds. The molecule has 1 aliphatic rings. The molecule has 0 unspecified atom stereocenters. The van der Waals surface area contributed by atoms with Crippen LogP contribution in [0, 0.1) is 16.0 Å². The highest BCUT2D eigenvalue weighted by atomic mass is 32.2. The van der Waals surface area contributed by atoms with E-state index in [2.05, 4.69) is 5.32 Å². The molecule has 2 heterocycles. The number of hydrogen-bond donors (Lipinski definition) is 2. The lowest BCUT2D eigenvalue weighted by Gasteiger charge is -2.25. The maximum atomic E-state index is 12.8. The Morgan fingerprint density at radius 2 is 2.00 bits per heavy atom. The molecule has 29 heavy (non-hydrogen) atoms. The number of nitro benzene ring substituents is 1. The largest absolute Gasteiger partial charge is 0.469 e. The number of piperidine rings is 1. The summed E-state index contributed by atoms with van der Waals surface area (Å²) in [6.07, 6.45) is 4.59. The van der Waals surface area contributed by atoms with Crippen LogP contribution in [0.1, 0.15) is 25.0 Å². The molecule has 0 saturated carbocycles. The van der Waals surface area contributed by atoms with E-state index in [1.165, 1.54) is 16.4 Å². The Labute approximate surface area is 169 Å². The summed E-state index contributed by atoms with van der Waals surface area (Å²) in [5.74, 6) is 0.501. The fraction of sp³-hybridized carbons (Fsp3) is 0.474. The summed E-state index contributed by atoms with van der Waals surface area (Å²) in [6.45, 7) is 1.02. The number of furan rings is 1. The number of sulfonamides is 1. The topological polar surface area (TPSA) is 126 Å². The first-order valence-corrected chi connectivity index (χ1v) is 11.0. The number of aliphatic hydroxyl groups is 1. The average molecular weight is 423 g/mol. The van der Waals surface area contributed by atoms with Crippen LogP contribution in [-0.2, 0) is 16.4 Å². The van der Waals surface area contributed by atoms with Gasteiger partial charge in [-0.3, -0.25) is 10.1 Å². The maximum Gasteiger partial charge on any atom is 0.293 e. The van der Waals surface area contributed by atoms with Crippen LogP contribution in [0.2, 0.25) is 0 Å². The van der Waals surface area contributed by atoms with E-state index in [-0.39, 0.29) is 35.3 Å². The molecule has 0 aliphatic carbocycles. The molecule has 9 nitrogen and oxygen atoms in total. The lowest BCUT2D eigenvalue weighted by molar-refractivity contribution is -0.384. The van der Waals surface area contributed by atoms with Gasteiger partial charge in [0.25, 0.3) is 5.69 Å². The summed E-state index contributed by atoms with van der Waals surface area (Å²) in [7, 11) is -3.76. The molecule has 1 saturated heterocycles. The van der Waals surface area contributed by atoms with Gasteiger partial charge in [0.1, 0.15) is 11.4 Å². The van der Waals surface area contributed by atoms with Crippen molar-refractivity contribution in [1.29, 1.82) is 0 Å². The van der Waals surface area contributed by atoms with Gasteiger partial charge in [-0.2, -0.15) is 4.31 Å². The van der Waals surface area contributed by atoms with E-state index in [4.69, 9.17) is 4.42 Å². The van der Waals surface area contributed by atoms with Crippen LogP contribution < -0.4 is 5.32 Å². The van der Waals surface area contributed by atoms with Crippen LogP contribution in [0.3, 0.4) is 0 Å². The molecular weight excluding hydrogens is 398 g/mol. The van der Waals surface area contributed by atoms with Crippen molar-refractivity contribution in [3.05, 3.63) is 52.5 Å². The van der Waals surface area contributed by atoms with E-state index in [0.29, 0.717) is 25.3 Å². The highest BCUT2D eigenvalue weighted by Crippen LogP contribution is 2.30. The van der Waals surface area contributed by atoms with E-state index in [0.717, 1.165) is 25.3 Å². The van der Waals surface area contributed by atoms with Crippen molar-refractivity contribution >= 4 is 21.4 Å². The number of benzene rings is 1. The van der Waals surface area contributed by atoms with Crippen molar-refractivity contribution in [2.24, 2.45) is 5.92 Å². The summed E-state index contributed by atoms with van der Waals surface area (Å²) < 4.78 is 32.3. The normalized spacial score (nSPS) is 16.4. The molecule has 1 atom stereocenters. The van der Waals surface area contributed by atoms with Crippen LogP contribution in [0.25, 0.3) is 0 Å². The molecule has 158 valence electrons. The van der Waals surface area contributed by atoms with Crippen LogP contribution in [0.4, 0.5) is 11.4 Å². The molecule has 1 aromatic carbocycles. The lowest BCUT2D eigenvalue weighted by atomic mass is 10.0. The van der Waals surface area contributed by atoms with Crippen molar-refractivity contribution in [1.82, 2.24) is 4.31 Å². The number of nitrogens with one attached hydrogen (secondary N) is 1. The first-order chi connectivity index (χ1) is 13.9. The van der Waals surface area contributed by atoms with Crippen molar-refractivity contribution in [3.8, 4) is 0 Å². The summed E-state index contributed by atoms with van der Waals surface area (Å²) in [5.41, 5.74) is -0.0942. The van der Waals surface area contributed by atoms with E-state index < -0.39 is 14.9 Å². The zero-order valence-electron chi connectivity index (χ0n) is 16.0. The van der Waals surface area contributed by atoms with Gasteiger partial charge in [0.2, 0.25) is 10.0 Å².